The first-order chi connectivity index (χ1) is 18.0. The molecule has 2 heterocycles. The first-order valence-corrected chi connectivity index (χ1v) is 12.4. The number of amides is 2. The van der Waals surface area contributed by atoms with E-state index in [0.717, 1.165) is 46.6 Å². The molecule has 37 heavy (non-hydrogen) atoms. The van der Waals surface area contributed by atoms with Crippen molar-refractivity contribution in [3.05, 3.63) is 107 Å². The molecule has 2 amide bonds. The molecule has 1 unspecified atom stereocenters. The van der Waals surface area contributed by atoms with Crippen LogP contribution in [0.3, 0.4) is 0 Å². The number of hydrogen-bond donors (Lipinski definition) is 1. The number of rotatable bonds is 8. The van der Waals surface area contributed by atoms with Gasteiger partial charge in [-0.3, -0.25) is 4.90 Å². The van der Waals surface area contributed by atoms with Gasteiger partial charge in [0.15, 0.2) is 0 Å². The summed E-state index contributed by atoms with van der Waals surface area (Å²) in [6.45, 7) is 4.56. The van der Waals surface area contributed by atoms with Gasteiger partial charge in [0.1, 0.15) is 5.75 Å². The van der Waals surface area contributed by atoms with Gasteiger partial charge in [0, 0.05) is 17.8 Å². The summed E-state index contributed by atoms with van der Waals surface area (Å²) in [5.74, 6) is 1.65. The Balaban J connectivity index is 1.49. The number of methoxy groups -OCH3 is 1. The lowest BCUT2D eigenvalue weighted by Gasteiger charge is -2.35. The minimum Gasteiger partial charge on any atom is -0.497 e. The number of urea groups is 1. The fourth-order valence-corrected chi connectivity index (χ4v) is 4.61. The van der Waals surface area contributed by atoms with Gasteiger partial charge in [-0.2, -0.15) is 4.98 Å². The summed E-state index contributed by atoms with van der Waals surface area (Å²) in [7, 11) is 1.63. The maximum absolute atomic E-state index is 13.3. The zero-order chi connectivity index (χ0) is 25.8. The predicted molar refractivity (Wildman–Crippen MR) is 143 cm³/mol. The number of carbonyl (C=O) groups excluding carboxylic acids is 1. The van der Waals surface area contributed by atoms with Crippen LogP contribution in [0.25, 0.3) is 17.0 Å². The summed E-state index contributed by atoms with van der Waals surface area (Å²) in [5.41, 5.74) is 5.78. The monoisotopic (exact) mass is 494 g/mol. The summed E-state index contributed by atoms with van der Waals surface area (Å²) in [4.78, 5) is 19.8. The number of aryl methyl sites for hydroxylation is 2. The van der Waals surface area contributed by atoms with Crippen LogP contribution in [0.5, 0.6) is 5.75 Å². The molecule has 1 aromatic heterocycles. The van der Waals surface area contributed by atoms with Crippen LogP contribution in [-0.2, 0) is 6.42 Å². The molecule has 0 spiro atoms. The Hall–Kier alpha value is -4.39. The van der Waals surface area contributed by atoms with Crippen LogP contribution >= 0.6 is 0 Å². The second-order valence-electron chi connectivity index (χ2n) is 9.18. The van der Waals surface area contributed by atoms with E-state index in [1.54, 1.807) is 12.0 Å². The lowest BCUT2D eigenvalue weighted by molar-refractivity contribution is 0.204. The maximum atomic E-state index is 13.3. The van der Waals surface area contributed by atoms with E-state index in [2.05, 4.69) is 22.6 Å². The third kappa shape index (κ3) is 5.26. The third-order valence-corrected chi connectivity index (χ3v) is 6.70. The van der Waals surface area contributed by atoms with Crippen LogP contribution in [0.1, 0.15) is 42.0 Å². The van der Waals surface area contributed by atoms with E-state index >= 15 is 0 Å². The second-order valence-corrected chi connectivity index (χ2v) is 9.18. The zero-order valence-electron chi connectivity index (χ0n) is 21.3. The Bertz CT molecular complexity index is 1390. The van der Waals surface area contributed by atoms with Crippen molar-refractivity contribution >= 4 is 11.6 Å². The van der Waals surface area contributed by atoms with Crippen LogP contribution in [-0.4, -0.2) is 34.7 Å². The Morgan fingerprint density at radius 1 is 0.973 bits per heavy atom. The minimum absolute atomic E-state index is 0.145. The van der Waals surface area contributed by atoms with E-state index in [4.69, 9.17) is 14.2 Å². The fourth-order valence-electron chi connectivity index (χ4n) is 4.61. The van der Waals surface area contributed by atoms with E-state index in [9.17, 15) is 4.79 Å². The third-order valence-electron chi connectivity index (χ3n) is 6.70. The molecule has 188 valence electrons. The summed E-state index contributed by atoms with van der Waals surface area (Å²) in [6.07, 6.45) is 1.71. The molecular formula is C30H30N4O3. The molecule has 5 rings (SSSR count). The normalized spacial score (nSPS) is 15.6. The molecule has 4 aromatic rings. The SMILES string of the molecule is COc1ccc(C2NC(=O)N(CCCc3ccccc3)C(C)=C2c2nc(-c3ccc(C)cc3)no2)cc1. The number of nitrogens with one attached hydrogen (secondary N) is 1. The standard InChI is InChI=1S/C30H30N4O3/c1-20-11-13-24(14-12-20)28-32-29(37-33-28)26-21(2)34(19-7-10-22-8-5-4-6-9-22)30(35)31-27(26)23-15-17-25(36-3)18-16-23/h4-6,8-9,11-18,27H,7,10,19H2,1-3H3,(H,31,35). The molecule has 0 radical (unpaired) electrons. The molecule has 1 N–H and O–H groups in total. The highest BCUT2D eigenvalue weighted by atomic mass is 16.5. The number of aromatic nitrogens is 2. The maximum Gasteiger partial charge on any atom is 0.322 e. The largest absolute Gasteiger partial charge is 0.497 e. The Labute approximate surface area is 216 Å². The highest BCUT2D eigenvalue weighted by Crippen LogP contribution is 2.38. The molecule has 3 aromatic carbocycles. The van der Waals surface area contributed by atoms with E-state index in [0.29, 0.717) is 18.3 Å². The second kappa shape index (κ2) is 10.7. The van der Waals surface area contributed by atoms with Crippen LogP contribution in [0.4, 0.5) is 4.79 Å². The Morgan fingerprint density at radius 3 is 2.41 bits per heavy atom. The van der Waals surface area contributed by atoms with Crippen molar-refractivity contribution in [2.45, 2.75) is 32.7 Å². The van der Waals surface area contributed by atoms with Crippen molar-refractivity contribution in [1.29, 1.82) is 0 Å². The van der Waals surface area contributed by atoms with Crippen molar-refractivity contribution in [2.24, 2.45) is 0 Å². The lowest BCUT2D eigenvalue weighted by Crippen LogP contribution is -2.46. The number of benzene rings is 3. The average Bonchev–Trinajstić information content (AvgIpc) is 3.41. The van der Waals surface area contributed by atoms with Crippen molar-refractivity contribution in [3.63, 3.8) is 0 Å². The average molecular weight is 495 g/mol. The van der Waals surface area contributed by atoms with Gasteiger partial charge in [0.05, 0.1) is 18.7 Å². The van der Waals surface area contributed by atoms with Gasteiger partial charge in [-0.15, -0.1) is 0 Å². The highest BCUT2D eigenvalue weighted by Gasteiger charge is 2.35. The molecule has 1 aliphatic heterocycles. The zero-order valence-corrected chi connectivity index (χ0v) is 21.3. The number of carbonyl (C=O) groups is 1. The Morgan fingerprint density at radius 2 is 1.70 bits per heavy atom. The number of hydrogen-bond acceptors (Lipinski definition) is 5. The van der Waals surface area contributed by atoms with Gasteiger partial charge in [0.25, 0.3) is 5.89 Å². The summed E-state index contributed by atoms with van der Waals surface area (Å²) < 4.78 is 11.1. The molecule has 0 fully saturated rings. The van der Waals surface area contributed by atoms with Gasteiger partial charge in [-0.05, 0) is 49.9 Å². The van der Waals surface area contributed by atoms with Crippen LogP contribution < -0.4 is 10.1 Å². The lowest BCUT2D eigenvalue weighted by atomic mass is 9.94. The van der Waals surface area contributed by atoms with Crippen molar-refractivity contribution in [2.75, 3.05) is 13.7 Å². The van der Waals surface area contributed by atoms with Crippen LogP contribution in [0, 0.1) is 6.92 Å². The van der Waals surface area contributed by atoms with Gasteiger partial charge in [-0.25, -0.2) is 4.79 Å². The molecule has 0 bridgehead atoms. The molecular weight excluding hydrogens is 464 g/mol. The smallest absolute Gasteiger partial charge is 0.322 e. The van der Waals surface area contributed by atoms with Crippen molar-refractivity contribution < 1.29 is 14.1 Å². The quantitative estimate of drug-likeness (QED) is 0.316. The van der Waals surface area contributed by atoms with Crippen molar-refractivity contribution in [1.82, 2.24) is 20.4 Å². The first-order valence-electron chi connectivity index (χ1n) is 12.4. The molecule has 0 saturated heterocycles. The van der Waals surface area contributed by atoms with E-state index in [-0.39, 0.29) is 6.03 Å². The molecule has 7 nitrogen and oxygen atoms in total. The Kier molecular flexibility index (Phi) is 7.03. The van der Waals surface area contributed by atoms with E-state index in [1.807, 2.05) is 80.6 Å². The van der Waals surface area contributed by atoms with Crippen LogP contribution in [0.15, 0.2) is 89.1 Å². The first kappa shape index (κ1) is 24.3. The predicted octanol–water partition coefficient (Wildman–Crippen LogP) is 6.18. The topological polar surface area (TPSA) is 80.5 Å². The minimum atomic E-state index is -0.435. The van der Waals surface area contributed by atoms with Crippen molar-refractivity contribution in [3.8, 4) is 17.1 Å². The number of ether oxygens (including phenoxy) is 1. The highest BCUT2D eigenvalue weighted by molar-refractivity contribution is 5.86. The molecule has 0 aliphatic carbocycles. The molecule has 0 saturated carbocycles. The van der Waals surface area contributed by atoms with E-state index in [1.165, 1.54) is 5.56 Å². The number of nitrogens with zero attached hydrogens (tertiary/aromatic N) is 3. The summed E-state index contributed by atoms with van der Waals surface area (Å²) in [6, 6.07) is 25.4. The molecule has 7 heteroatoms. The van der Waals surface area contributed by atoms with Gasteiger partial charge < -0.3 is 14.6 Å². The van der Waals surface area contributed by atoms with Crippen LogP contribution in [0.2, 0.25) is 0 Å². The number of allylic oxidation sites excluding steroid dienone is 1. The van der Waals surface area contributed by atoms with Gasteiger partial charge in [0.2, 0.25) is 5.82 Å². The molecule has 1 aliphatic rings. The van der Waals surface area contributed by atoms with Gasteiger partial charge in [-0.1, -0.05) is 77.5 Å². The van der Waals surface area contributed by atoms with Gasteiger partial charge >= 0.3 is 6.03 Å². The van der Waals surface area contributed by atoms with E-state index < -0.39 is 6.04 Å². The molecule has 1 atom stereocenters. The summed E-state index contributed by atoms with van der Waals surface area (Å²) in [5, 5.41) is 7.42. The fraction of sp³-hybridized carbons (Fsp3) is 0.233. The summed E-state index contributed by atoms with van der Waals surface area (Å²) >= 11 is 0.